The van der Waals surface area contributed by atoms with Crippen molar-refractivity contribution in [1.29, 1.82) is 5.26 Å². The molecule has 0 bridgehead atoms. The van der Waals surface area contributed by atoms with Gasteiger partial charge in [0.15, 0.2) is 0 Å². The summed E-state index contributed by atoms with van der Waals surface area (Å²) < 4.78 is 0. The molecule has 0 unspecified atom stereocenters. The second-order valence-corrected chi connectivity index (χ2v) is 5.35. The van der Waals surface area contributed by atoms with Gasteiger partial charge in [0.2, 0.25) is 0 Å². The number of nitriles is 1. The molecule has 1 aliphatic rings. The zero-order chi connectivity index (χ0) is 11.6. The zero-order valence-electron chi connectivity index (χ0n) is 10.0. The molecular weight excluding hydrogens is 196 g/mol. The maximum atomic E-state index is 8.76. The third kappa shape index (κ3) is 2.36. The summed E-state index contributed by atoms with van der Waals surface area (Å²) in [7, 11) is 0. The molecule has 1 saturated heterocycles. The van der Waals surface area contributed by atoms with Crippen LogP contribution in [0, 0.1) is 16.7 Å². The summed E-state index contributed by atoms with van der Waals surface area (Å²) in [4.78, 5) is 2.42. The van der Waals surface area contributed by atoms with Crippen molar-refractivity contribution in [2.24, 2.45) is 5.41 Å². The summed E-state index contributed by atoms with van der Waals surface area (Å²) in [6.45, 7) is 6.89. The smallest absolute Gasteiger partial charge is 0.0991 e. The van der Waals surface area contributed by atoms with Crippen molar-refractivity contribution in [2.45, 2.75) is 26.7 Å². The van der Waals surface area contributed by atoms with Crippen molar-refractivity contribution in [1.82, 2.24) is 0 Å². The van der Waals surface area contributed by atoms with Crippen LogP contribution in [0.3, 0.4) is 0 Å². The second kappa shape index (κ2) is 4.17. The highest BCUT2D eigenvalue weighted by atomic mass is 15.1. The lowest BCUT2D eigenvalue weighted by Crippen LogP contribution is -2.40. The van der Waals surface area contributed by atoms with E-state index in [0.717, 1.165) is 18.7 Å². The molecule has 0 spiro atoms. The minimum atomic E-state index is 0.409. The number of piperidine rings is 1. The van der Waals surface area contributed by atoms with Crippen LogP contribution in [0.4, 0.5) is 5.69 Å². The van der Waals surface area contributed by atoms with E-state index in [2.05, 4.69) is 36.9 Å². The molecule has 1 heterocycles. The largest absolute Gasteiger partial charge is 0.371 e. The predicted octanol–water partition coefficient (Wildman–Crippen LogP) is 3.18. The van der Waals surface area contributed by atoms with Crippen LogP contribution in [0.1, 0.15) is 32.3 Å². The standard InChI is InChI=1S/C14H18N2/c1-14(2)8-3-9-16(11-14)13-6-4-12(10-15)5-7-13/h4-7H,3,8-9,11H2,1-2H3. The first-order valence-electron chi connectivity index (χ1n) is 5.86. The molecule has 2 heteroatoms. The Morgan fingerprint density at radius 1 is 1.25 bits per heavy atom. The van der Waals surface area contributed by atoms with E-state index in [1.807, 2.05) is 12.1 Å². The second-order valence-electron chi connectivity index (χ2n) is 5.35. The average molecular weight is 214 g/mol. The highest BCUT2D eigenvalue weighted by Gasteiger charge is 2.26. The van der Waals surface area contributed by atoms with Crippen molar-refractivity contribution in [3.05, 3.63) is 29.8 Å². The molecule has 84 valence electrons. The highest BCUT2D eigenvalue weighted by molar-refractivity contribution is 5.50. The first-order valence-corrected chi connectivity index (χ1v) is 5.86. The average Bonchev–Trinajstić information content (AvgIpc) is 2.28. The monoisotopic (exact) mass is 214 g/mol. The highest BCUT2D eigenvalue weighted by Crippen LogP contribution is 2.31. The molecule has 0 aromatic heterocycles. The Labute approximate surface area is 97.5 Å². The number of benzene rings is 1. The Morgan fingerprint density at radius 3 is 2.50 bits per heavy atom. The van der Waals surface area contributed by atoms with Gasteiger partial charge in [-0.15, -0.1) is 0 Å². The molecule has 1 aromatic carbocycles. The Morgan fingerprint density at radius 2 is 1.94 bits per heavy atom. The molecule has 0 saturated carbocycles. The summed E-state index contributed by atoms with van der Waals surface area (Å²) in [5, 5.41) is 8.76. The van der Waals surface area contributed by atoms with Gasteiger partial charge in [-0.3, -0.25) is 0 Å². The van der Waals surface area contributed by atoms with E-state index in [1.54, 1.807) is 0 Å². The molecule has 1 aliphatic heterocycles. The number of hydrogen-bond donors (Lipinski definition) is 0. The van der Waals surface area contributed by atoms with E-state index in [1.165, 1.54) is 18.5 Å². The zero-order valence-corrected chi connectivity index (χ0v) is 10.0. The van der Waals surface area contributed by atoms with E-state index in [4.69, 9.17) is 5.26 Å². The molecule has 16 heavy (non-hydrogen) atoms. The summed E-state index contributed by atoms with van der Waals surface area (Å²) in [5.74, 6) is 0. The number of anilines is 1. The van der Waals surface area contributed by atoms with Crippen molar-refractivity contribution >= 4 is 5.69 Å². The van der Waals surface area contributed by atoms with Crippen LogP contribution in [-0.2, 0) is 0 Å². The van der Waals surface area contributed by atoms with Gasteiger partial charge in [0.05, 0.1) is 11.6 Å². The van der Waals surface area contributed by atoms with Gasteiger partial charge in [0.1, 0.15) is 0 Å². The van der Waals surface area contributed by atoms with Crippen molar-refractivity contribution in [3.8, 4) is 6.07 Å². The number of nitrogens with zero attached hydrogens (tertiary/aromatic N) is 2. The molecule has 2 nitrogen and oxygen atoms in total. The van der Waals surface area contributed by atoms with Crippen molar-refractivity contribution in [3.63, 3.8) is 0 Å². The number of hydrogen-bond acceptors (Lipinski definition) is 2. The normalized spacial score (nSPS) is 19.2. The molecule has 0 aliphatic carbocycles. The van der Waals surface area contributed by atoms with Gasteiger partial charge < -0.3 is 4.90 Å². The molecule has 0 N–H and O–H groups in total. The fourth-order valence-electron chi connectivity index (χ4n) is 2.39. The summed E-state index contributed by atoms with van der Waals surface area (Å²) in [6.07, 6.45) is 2.56. The predicted molar refractivity (Wildman–Crippen MR) is 66.4 cm³/mol. The molecule has 1 fully saturated rings. The Kier molecular flexibility index (Phi) is 2.87. The van der Waals surface area contributed by atoms with Crippen molar-refractivity contribution in [2.75, 3.05) is 18.0 Å². The van der Waals surface area contributed by atoms with Gasteiger partial charge in [-0.05, 0) is 42.5 Å². The summed E-state index contributed by atoms with van der Waals surface area (Å²) in [6, 6.07) is 10.1. The summed E-state index contributed by atoms with van der Waals surface area (Å²) in [5.41, 5.74) is 2.39. The Bertz CT molecular complexity index is 398. The Balaban J connectivity index is 2.15. The van der Waals surface area contributed by atoms with Gasteiger partial charge in [0, 0.05) is 18.8 Å². The topological polar surface area (TPSA) is 27.0 Å². The van der Waals surface area contributed by atoms with Crippen LogP contribution in [0.2, 0.25) is 0 Å². The Hall–Kier alpha value is -1.49. The lowest BCUT2D eigenvalue weighted by molar-refractivity contribution is 0.293. The molecule has 0 atom stereocenters. The fourth-order valence-corrected chi connectivity index (χ4v) is 2.39. The minimum Gasteiger partial charge on any atom is -0.371 e. The minimum absolute atomic E-state index is 0.409. The third-order valence-electron chi connectivity index (χ3n) is 3.26. The van der Waals surface area contributed by atoms with Crippen LogP contribution < -0.4 is 4.90 Å². The first-order chi connectivity index (χ1) is 7.61. The van der Waals surface area contributed by atoms with Crippen molar-refractivity contribution < 1.29 is 0 Å². The van der Waals surface area contributed by atoms with Gasteiger partial charge in [-0.25, -0.2) is 0 Å². The van der Waals surface area contributed by atoms with E-state index in [-0.39, 0.29) is 0 Å². The summed E-state index contributed by atoms with van der Waals surface area (Å²) >= 11 is 0. The van der Waals surface area contributed by atoms with E-state index in [0.29, 0.717) is 5.41 Å². The van der Waals surface area contributed by atoms with E-state index in [9.17, 15) is 0 Å². The van der Waals surface area contributed by atoms with Crippen LogP contribution in [0.15, 0.2) is 24.3 Å². The van der Waals surface area contributed by atoms with Crippen LogP contribution in [-0.4, -0.2) is 13.1 Å². The van der Waals surface area contributed by atoms with Crippen LogP contribution >= 0.6 is 0 Å². The maximum absolute atomic E-state index is 8.76. The molecule has 1 aromatic rings. The van der Waals surface area contributed by atoms with Crippen LogP contribution in [0.5, 0.6) is 0 Å². The molecule has 0 amide bonds. The van der Waals surface area contributed by atoms with Gasteiger partial charge in [-0.1, -0.05) is 13.8 Å². The van der Waals surface area contributed by atoms with E-state index < -0.39 is 0 Å². The van der Waals surface area contributed by atoms with Gasteiger partial charge in [0.25, 0.3) is 0 Å². The fraction of sp³-hybridized carbons (Fsp3) is 0.500. The lowest BCUT2D eigenvalue weighted by atomic mass is 9.84. The van der Waals surface area contributed by atoms with Gasteiger partial charge >= 0.3 is 0 Å². The molecule has 0 radical (unpaired) electrons. The van der Waals surface area contributed by atoms with E-state index >= 15 is 0 Å². The lowest BCUT2D eigenvalue weighted by Gasteiger charge is -2.39. The molecular formula is C14H18N2. The maximum Gasteiger partial charge on any atom is 0.0991 e. The molecule has 2 rings (SSSR count). The van der Waals surface area contributed by atoms with Crippen LogP contribution in [0.25, 0.3) is 0 Å². The first kappa shape index (κ1) is 11.0. The number of rotatable bonds is 1. The third-order valence-corrected chi connectivity index (χ3v) is 3.26. The SMILES string of the molecule is CC1(C)CCCN(c2ccc(C#N)cc2)C1. The van der Waals surface area contributed by atoms with Gasteiger partial charge in [-0.2, -0.15) is 5.26 Å². The quantitative estimate of drug-likeness (QED) is 0.718.